The number of aliphatic hydroxyl groups is 1. The average molecular weight is 279 g/mol. The van der Waals surface area contributed by atoms with Gasteiger partial charge in [0.25, 0.3) is 0 Å². The van der Waals surface area contributed by atoms with E-state index in [1.54, 1.807) is 24.9 Å². The van der Waals surface area contributed by atoms with Gasteiger partial charge in [-0.25, -0.2) is 4.98 Å². The van der Waals surface area contributed by atoms with Crippen LogP contribution in [-0.2, 0) is 11.8 Å². The van der Waals surface area contributed by atoms with E-state index in [1.807, 2.05) is 0 Å². The summed E-state index contributed by atoms with van der Waals surface area (Å²) < 4.78 is 1.74. The number of nitrogens with one attached hydrogen (secondary N) is 2. The minimum absolute atomic E-state index is 0.0563. The van der Waals surface area contributed by atoms with Crippen molar-refractivity contribution < 1.29 is 9.90 Å². The van der Waals surface area contributed by atoms with E-state index in [4.69, 9.17) is 5.73 Å². The number of amides is 1. The highest BCUT2D eigenvalue weighted by Gasteiger charge is 2.12. The predicted octanol–water partition coefficient (Wildman–Crippen LogP) is -0.947. The van der Waals surface area contributed by atoms with Gasteiger partial charge >= 0.3 is 0 Å². The van der Waals surface area contributed by atoms with Crippen molar-refractivity contribution in [1.29, 1.82) is 0 Å². The molecule has 0 saturated heterocycles. The molecule has 0 aliphatic heterocycles. The molecule has 108 valence electrons. The number of hydrogen-bond donors (Lipinski definition) is 4. The SMILES string of the molecule is CC(O)CNc1nc(NCC(N)=O)nc2c1ncn2C. The van der Waals surface area contributed by atoms with Crippen LogP contribution in [0, 0.1) is 0 Å². The molecule has 0 saturated carbocycles. The molecule has 2 aromatic rings. The number of primary amides is 1. The number of nitrogens with zero attached hydrogens (tertiary/aromatic N) is 4. The topological polar surface area (TPSA) is 131 Å². The van der Waals surface area contributed by atoms with Gasteiger partial charge in [-0.2, -0.15) is 9.97 Å². The first-order valence-electron chi connectivity index (χ1n) is 6.10. The van der Waals surface area contributed by atoms with E-state index < -0.39 is 12.0 Å². The molecule has 0 aromatic carbocycles. The van der Waals surface area contributed by atoms with E-state index in [1.165, 1.54) is 0 Å². The molecule has 1 unspecified atom stereocenters. The second-order valence-electron chi connectivity index (χ2n) is 4.47. The van der Waals surface area contributed by atoms with E-state index in [0.29, 0.717) is 23.5 Å². The van der Waals surface area contributed by atoms with Gasteiger partial charge in [-0.15, -0.1) is 0 Å². The lowest BCUT2D eigenvalue weighted by Gasteiger charge is -2.10. The Bertz CT molecular complexity index is 623. The summed E-state index contributed by atoms with van der Waals surface area (Å²) in [6.07, 6.45) is 1.09. The van der Waals surface area contributed by atoms with E-state index >= 15 is 0 Å². The van der Waals surface area contributed by atoms with Crippen LogP contribution < -0.4 is 16.4 Å². The molecule has 0 aliphatic carbocycles. The number of nitrogens with two attached hydrogens (primary N) is 1. The number of aromatic nitrogens is 4. The Morgan fingerprint density at radius 1 is 1.50 bits per heavy atom. The third-order valence-corrected chi connectivity index (χ3v) is 2.55. The molecule has 0 spiro atoms. The van der Waals surface area contributed by atoms with Gasteiger partial charge < -0.3 is 26.0 Å². The van der Waals surface area contributed by atoms with Crippen LogP contribution in [0.25, 0.3) is 11.2 Å². The number of aliphatic hydroxyl groups excluding tert-OH is 1. The normalized spacial score (nSPS) is 12.3. The fraction of sp³-hybridized carbons (Fsp3) is 0.455. The van der Waals surface area contributed by atoms with Crippen molar-refractivity contribution in [3.63, 3.8) is 0 Å². The van der Waals surface area contributed by atoms with Gasteiger partial charge in [0.1, 0.15) is 0 Å². The van der Waals surface area contributed by atoms with Gasteiger partial charge in [0, 0.05) is 13.6 Å². The summed E-state index contributed by atoms with van der Waals surface area (Å²) in [6, 6.07) is 0. The highest BCUT2D eigenvalue weighted by atomic mass is 16.3. The van der Waals surface area contributed by atoms with Crippen LogP contribution in [0.4, 0.5) is 11.8 Å². The van der Waals surface area contributed by atoms with Crippen molar-refractivity contribution >= 4 is 28.8 Å². The second-order valence-corrected chi connectivity index (χ2v) is 4.47. The quantitative estimate of drug-likeness (QED) is 0.536. The number of carbonyl (C=O) groups is 1. The molecule has 20 heavy (non-hydrogen) atoms. The summed E-state index contributed by atoms with van der Waals surface area (Å²) in [4.78, 5) is 23.5. The van der Waals surface area contributed by atoms with Gasteiger partial charge in [-0.05, 0) is 6.92 Å². The lowest BCUT2D eigenvalue weighted by Crippen LogP contribution is -2.23. The van der Waals surface area contributed by atoms with E-state index in [9.17, 15) is 9.90 Å². The van der Waals surface area contributed by atoms with Crippen LogP contribution >= 0.6 is 0 Å². The zero-order valence-corrected chi connectivity index (χ0v) is 11.3. The number of fused-ring (bicyclic) bond motifs is 1. The Hall–Kier alpha value is -2.42. The number of carbonyl (C=O) groups excluding carboxylic acids is 1. The Morgan fingerprint density at radius 3 is 2.90 bits per heavy atom. The van der Waals surface area contributed by atoms with Crippen LogP contribution in [0.2, 0.25) is 0 Å². The van der Waals surface area contributed by atoms with Crippen molar-refractivity contribution in [3.05, 3.63) is 6.33 Å². The predicted molar refractivity (Wildman–Crippen MR) is 74.2 cm³/mol. The van der Waals surface area contributed by atoms with Crippen LogP contribution in [0.1, 0.15) is 6.92 Å². The van der Waals surface area contributed by atoms with Gasteiger partial charge in [0.2, 0.25) is 11.9 Å². The molecule has 1 amide bonds. The maximum absolute atomic E-state index is 10.8. The zero-order valence-electron chi connectivity index (χ0n) is 11.3. The Kier molecular flexibility index (Phi) is 3.99. The Balaban J connectivity index is 2.34. The number of imidazole rings is 1. The van der Waals surface area contributed by atoms with Gasteiger partial charge in [-0.1, -0.05) is 0 Å². The molecular weight excluding hydrogens is 262 g/mol. The minimum atomic E-state index is -0.522. The average Bonchev–Trinajstić information content (AvgIpc) is 2.75. The van der Waals surface area contributed by atoms with Crippen LogP contribution in [0.15, 0.2) is 6.33 Å². The molecule has 2 rings (SSSR count). The molecule has 1 atom stereocenters. The first-order valence-corrected chi connectivity index (χ1v) is 6.10. The molecule has 2 heterocycles. The maximum atomic E-state index is 10.8. The molecule has 0 bridgehead atoms. The van der Waals surface area contributed by atoms with Crippen LogP contribution in [-0.4, -0.2) is 49.7 Å². The minimum Gasteiger partial charge on any atom is -0.392 e. The second kappa shape index (κ2) is 5.70. The van der Waals surface area contributed by atoms with Crippen molar-refractivity contribution in [3.8, 4) is 0 Å². The van der Waals surface area contributed by atoms with E-state index in [2.05, 4.69) is 25.6 Å². The van der Waals surface area contributed by atoms with Crippen molar-refractivity contribution in [2.45, 2.75) is 13.0 Å². The van der Waals surface area contributed by atoms with Gasteiger partial charge in [0.05, 0.1) is 19.0 Å². The summed E-state index contributed by atoms with van der Waals surface area (Å²) in [5, 5.41) is 15.1. The first kappa shape index (κ1) is 14.0. The van der Waals surface area contributed by atoms with Crippen molar-refractivity contribution in [2.75, 3.05) is 23.7 Å². The van der Waals surface area contributed by atoms with Gasteiger partial charge in [0.15, 0.2) is 17.0 Å². The molecule has 0 radical (unpaired) electrons. The zero-order chi connectivity index (χ0) is 14.7. The highest BCUT2D eigenvalue weighted by Crippen LogP contribution is 2.19. The number of hydrogen-bond acceptors (Lipinski definition) is 7. The van der Waals surface area contributed by atoms with Crippen molar-refractivity contribution in [2.24, 2.45) is 12.8 Å². The van der Waals surface area contributed by atoms with Crippen molar-refractivity contribution in [1.82, 2.24) is 19.5 Å². The lowest BCUT2D eigenvalue weighted by molar-refractivity contribution is -0.116. The summed E-state index contributed by atoms with van der Waals surface area (Å²) >= 11 is 0. The number of rotatable bonds is 6. The largest absolute Gasteiger partial charge is 0.392 e. The van der Waals surface area contributed by atoms with E-state index in [0.717, 1.165) is 0 Å². The Labute approximate surface area is 115 Å². The third kappa shape index (κ3) is 3.12. The summed E-state index contributed by atoms with van der Waals surface area (Å²) in [7, 11) is 1.80. The number of aryl methyl sites for hydroxylation is 1. The molecule has 9 nitrogen and oxygen atoms in total. The molecule has 0 aliphatic rings. The molecular formula is C11H17N7O2. The van der Waals surface area contributed by atoms with Gasteiger partial charge in [-0.3, -0.25) is 4.79 Å². The fourth-order valence-electron chi connectivity index (χ4n) is 1.62. The monoisotopic (exact) mass is 279 g/mol. The molecule has 5 N–H and O–H groups in total. The third-order valence-electron chi connectivity index (χ3n) is 2.55. The Morgan fingerprint density at radius 2 is 2.25 bits per heavy atom. The smallest absolute Gasteiger partial charge is 0.236 e. The number of anilines is 2. The lowest BCUT2D eigenvalue weighted by atomic mass is 10.4. The fourth-order valence-corrected chi connectivity index (χ4v) is 1.62. The molecule has 9 heteroatoms. The highest BCUT2D eigenvalue weighted by molar-refractivity contribution is 5.85. The standard InChI is InChI=1S/C11H17N7O2/c1-6(19)3-13-9-8-10(18(2)5-15-8)17-11(16-9)14-4-7(12)20/h5-6,19H,3-4H2,1-2H3,(H2,12,20)(H2,13,14,16,17). The van der Waals surface area contributed by atoms with E-state index in [-0.39, 0.29) is 12.5 Å². The van der Waals surface area contributed by atoms with Crippen LogP contribution in [0.3, 0.4) is 0 Å². The molecule has 0 fully saturated rings. The molecule has 2 aromatic heterocycles. The summed E-state index contributed by atoms with van der Waals surface area (Å²) in [6.45, 7) is 1.94. The van der Waals surface area contributed by atoms with Crippen LogP contribution in [0.5, 0.6) is 0 Å². The first-order chi connectivity index (χ1) is 9.47. The maximum Gasteiger partial charge on any atom is 0.236 e. The summed E-state index contributed by atoms with van der Waals surface area (Å²) in [5.41, 5.74) is 6.28. The summed E-state index contributed by atoms with van der Waals surface area (Å²) in [5.74, 6) is 0.258.